The van der Waals surface area contributed by atoms with Gasteiger partial charge in [-0.25, -0.2) is 4.79 Å². The molecule has 2 aliphatic rings. The largest absolute Gasteiger partial charge is 0.586 e. The van der Waals surface area contributed by atoms with E-state index in [0.717, 1.165) is 6.07 Å². The Morgan fingerprint density at radius 1 is 1.08 bits per heavy atom. The van der Waals surface area contributed by atoms with E-state index in [-0.39, 0.29) is 22.5 Å². The van der Waals surface area contributed by atoms with Crippen LogP contribution in [0.15, 0.2) is 12.1 Å². The first kappa shape index (κ1) is 17.0. The van der Waals surface area contributed by atoms with E-state index in [2.05, 4.69) is 14.2 Å². The summed E-state index contributed by atoms with van der Waals surface area (Å²) >= 11 is 0. The van der Waals surface area contributed by atoms with Crippen LogP contribution < -0.4 is 14.9 Å². The molecule has 1 saturated heterocycles. The molecule has 0 saturated carbocycles. The molecule has 0 spiro atoms. The van der Waals surface area contributed by atoms with Crippen molar-refractivity contribution < 1.29 is 37.1 Å². The number of alkyl halides is 2. The minimum absolute atomic E-state index is 0.0299. The molecule has 0 atom stereocenters. The van der Waals surface area contributed by atoms with Gasteiger partial charge in [0.05, 0.1) is 23.9 Å². The summed E-state index contributed by atoms with van der Waals surface area (Å²) in [6.45, 7) is 7.29. The zero-order chi connectivity index (χ0) is 17.9. The Hall–Kier alpha value is -1.87. The molecule has 3 rings (SSSR count). The van der Waals surface area contributed by atoms with Gasteiger partial charge < -0.3 is 23.5 Å². The lowest BCUT2D eigenvalue weighted by atomic mass is 9.77. The van der Waals surface area contributed by atoms with Crippen molar-refractivity contribution in [3.63, 3.8) is 0 Å². The van der Waals surface area contributed by atoms with Crippen LogP contribution in [0.2, 0.25) is 0 Å². The van der Waals surface area contributed by atoms with Gasteiger partial charge in [-0.3, -0.25) is 0 Å². The molecule has 0 aliphatic carbocycles. The molecule has 1 fully saturated rings. The van der Waals surface area contributed by atoms with Gasteiger partial charge in [0, 0.05) is 5.46 Å². The van der Waals surface area contributed by atoms with E-state index in [0.29, 0.717) is 0 Å². The minimum atomic E-state index is -3.82. The van der Waals surface area contributed by atoms with Gasteiger partial charge in [-0.1, -0.05) is 0 Å². The van der Waals surface area contributed by atoms with Crippen molar-refractivity contribution in [2.45, 2.75) is 45.2 Å². The molecule has 2 heterocycles. The third kappa shape index (κ3) is 2.61. The molecule has 0 radical (unpaired) electrons. The summed E-state index contributed by atoms with van der Waals surface area (Å²) in [5.41, 5.74) is -1.20. The number of benzene rings is 1. The van der Waals surface area contributed by atoms with Crippen molar-refractivity contribution in [1.29, 1.82) is 0 Å². The van der Waals surface area contributed by atoms with E-state index in [1.54, 1.807) is 0 Å². The highest BCUT2D eigenvalue weighted by Crippen LogP contribution is 2.43. The van der Waals surface area contributed by atoms with Crippen molar-refractivity contribution in [3.05, 3.63) is 17.7 Å². The Kier molecular flexibility index (Phi) is 3.58. The van der Waals surface area contributed by atoms with E-state index in [9.17, 15) is 13.6 Å². The highest BCUT2D eigenvalue weighted by Gasteiger charge is 2.55. The molecule has 0 unspecified atom stereocenters. The first-order valence-corrected chi connectivity index (χ1v) is 7.33. The van der Waals surface area contributed by atoms with Crippen LogP contribution >= 0.6 is 0 Å². The zero-order valence-corrected chi connectivity index (χ0v) is 13.9. The number of carbonyl (C=O) groups excluding carboxylic acids is 1. The van der Waals surface area contributed by atoms with Crippen LogP contribution in [0.3, 0.4) is 0 Å². The summed E-state index contributed by atoms with van der Waals surface area (Å²) in [4.78, 5) is 11.8. The zero-order valence-electron chi connectivity index (χ0n) is 13.9. The van der Waals surface area contributed by atoms with Crippen LogP contribution in [-0.2, 0) is 14.0 Å². The fourth-order valence-electron chi connectivity index (χ4n) is 2.46. The number of halogens is 2. The van der Waals surface area contributed by atoms with Gasteiger partial charge in [0.2, 0.25) is 0 Å². The maximum atomic E-state index is 13.5. The van der Waals surface area contributed by atoms with E-state index < -0.39 is 30.6 Å². The molecule has 0 aromatic heterocycles. The Balaban J connectivity index is 2.08. The predicted octanol–water partition coefficient (Wildman–Crippen LogP) is 2.09. The fourth-order valence-corrected chi connectivity index (χ4v) is 2.46. The Bertz CT molecular complexity index is 687. The second-order valence-electron chi connectivity index (χ2n) is 6.64. The SMILES string of the molecule is COC(=O)c1cc2c(c(B3OC(C)(C)C(C)(C)O3)c1)OC(F)(F)O2. The summed E-state index contributed by atoms with van der Waals surface area (Å²) in [6.07, 6.45) is -3.82. The number of ether oxygens (including phenoxy) is 3. The molecule has 0 N–H and O–H groups in total. The average molecular weight is 342 g/mol. The number of fused-ring (bicyclic) bond motifs is 1. The van der Waals surface area contributed by atoms with Gasteiger partial charge in [-0.05, 0) is 39.8 Å². The fraction of sp³-hybridized carbons (Fsp3) is 0.533. The number of esters is 1. The summed E-state index contributed by atoms with van der Waals surface area (Å²) in [7, 11) is 0.196. The highest BCUT2D eigenvalue weighted by atomic mass is 19.3. The third-order valence-electron chi connectivity index (χ3n) is 4.46. The molecule has 130 valence electrons. The second-order valence-corrected chi connectivity index (χ2v) is 6.64. The first-order valence-electron chi connectivity index (χ1n) is 7.33. The van der Waals surface area contributed by atoms with Crippen molar-refractivity contribution in [2.24, 2.45) is 0 Å². The normalized spacial score (nSPS) is 22.5. The van der Waals surface area contributed by atoms with E-state index in [4.69, 9.17) is 9.31 Å². The van der Waals surface area contributed by atoms with Crippen molar-refractivity contribution >= 4 is 18.6 Å². The molecule has 24 heavy (non-hydrogen) atoms. The predicted molar refractivity (Wildman–Crippen MR) is 79.7 cm³/mol. The van der Waals surface area contributed by atoms with Crippen LogP contribution in [0, 0.1) is 0 Å². The maximum absolute atomic E-state index is 13.5. The quantitative estimate of drug-likeness (QED) is 0.606. The summed E-state index contributed by atoms with van der Waals surface area (Å²) in [5, 5.41) is 0. The topological polar surface area (TPSA) is 63.2 Å². The van der Waals surface area contributed by atoms with Gasteiger partial charge in [-0.2, -0.15) is 0 Å². The van der Waals surface area contributed by atoms with Gasteiger partial charge in [0.1, 0.15) is 0 Å². The van der Waals surface area contributed by atoms with Crippen LogP contribution in [-0.4, -0.2) is 37.7 Å². The smallest absolute Gasteiger partial charge is 0.465 e. The molecule has 0 bridgehead atoms. The molecule has 6 nitrogen and oxygen atoms in total. The number of hydrogen-bond acceptors (Lipinski definition) is 6. The van der Waals surface area contributed by atoms with E-state index >= 15 is 0 Å². The first-order chi connectivity index (χ1) is 11.0. The van der Waals surface area contributed by atoms with Gasteiger partial charge in [-0.15, -0.1) is 8.78 Å². The standard InChI is InChI=1S/C15H17BF2O6/c1-13(2)14(3,4)24-16(23-13)9-6-8(12(19)20-5)7-10-11(9)22-15(17,18)21-10/h6-7H,1-5H3. The van der Waals surface area contributed by atoms with Crippen LogP contribution in [0.25, 0.3) is 0 Å². The lowest BCUT2D eigenvalue weighted by Gasteiger charge is -2.32. The second kappa shape index (κ2) is 5.06. The van der Waals surface area contributed by atoms with Crippen LogP contribution in [0.1, 0.15) is 38.1 Å². The molecular formula is C15H17BF2O6. The number of methoxy groups -OCH3 is 1. The summed E-state index contributed by atoms with van der Waals surface area (Å²) in [6, 6.07) is 2.48. The van der Waals surface area contributed by atoms with Crippen molar-refractivity contribution in [2.75, 3.05) is 7.11 Å². The Labute approximate surface area is 138 Å². The molecule has 1 aromatic carbocycles. The monoisotopic (exact) mass is 342 g/mol. The average Bonchev–Trinajstić information content (AvgIpc) is 2.87. The highest BCUT2D eigenvalue weighted by molar-refractivity contribution is 6.63. The number of rotatable bonds is 2. The van der Waals surface area contributed by atoms with Crippen LogP contribution in [0.4, 0.5) is 8.78 Å². The van der Waals surface area contributed by atoms with Crippen molar-refractivity contribution in [3.8, 4) is 11.5 Å². The summed E-state index contributed by atoms with van der Waals surface area (Å²) < 4.78 is 52.4. The Morgan fingerprint density at radius 2 is 1.67 bits per heavy atom. The maximum Gasteiger partial charge on any atom is 0.586 e. The summed E-state index contributed by atoms with van der Waals surface area (Å²) in [5.74, 6) is -1.19. The Morgan fingerprint density at radius 3 is 2.21 bits per heavy atom. The lowest BCUT2D eigenvalue weighted by molar-refractivity contribution is -0.286. The molecule has 0 amide bonds. The number of hydrogen-bond donors (Lipinski definition) is 0. The molecule has 1 aromatic rings. The molecule has 9 heteroatoms. The van der Waals surface area contributed by atoms with Gasteiger partial charge >= 0.3 is 19.4 Å². The van der Waals surface area contributed by atoms with Crippen molar-refractivity contribution in [1.82, 2.24) is 0 Å². The van der Waals surface area contributed by atoms with Gasteiger partial charge in [0.15, 0.2) is 11.5 Å². The number of carbonyl (C=O) groups is 1. The lowest BCUT2D eigenvalue weighted by Crippen LogP contribution is -2.41. The molecular weight excluding hydrogens is 325 g/mol. The minimum Gasteiger partial charge on any atom is -0.465 e. The molecule has 2 aliphatic heterocycles. The third-order valence-corrected chi connectivity index (χ3v) is 4.46. The van der Waals surface area contributed by atoms with E-state index in [1.165, 1.54) is 13.2 Å². The van der Waals surface area contributed by atoms with E-state index in [1.807, 2.05) is 27.7 Å². The van der Waals surface area contributed by atoms with Gasteiger partial charge in [0.25, 0.3) is 0 Å². The van der Waals surface area contributed by atoms with Crippen LogP contribution in [0.5, 0.6) is 11.5 Å².